The minimum absolute atomic E-state index is 0.163. The Labute approximate surface area is 128 Å². The fraction of sp³-hybridized carbons (Fsp3) is 0.333. The number of hydrogen-bond donors (Lipinski definition) is 2. The van der Waals surface area contributed by atoms with Crippen molar-refractivity contribution in [3.8, 4) is 0 Å². The van der Waals surface area contributed by atoms with Gasteiger partial charge in [0.1, 0.15) is 11.6 Å². The number of benzene rings is 1. The molecule has 0 radical (unpaired) electrons. The van der Waals surface area contributed by atoms with E-state index in [1.807, 2.05) is 13.2 Å². The van der Waals surface area contributed by atoms with Crippen molar-refractivity contribution >= 4 is 5.96 Å². The highest BCUT2D eigenvalue weighted by molar-refractivity contribution is 5.79. The summed E-state index contributed by atoms with van der Waals surface area (Å²) in [5.41, 5.74) is 1.37. The first-order valence-electron chi connectivity index (χ1n) is 6.94. The summed E-state index contributed by atoms with van der Waals surface area (Å²) >= 11 is 0. The predicted octanol–water partition coefficient (Wildman–Crippen LogP) is 1.61. The van der Waals surface area contributed by atoms with E-state index in [9.17, 15) is 8.78 Å². The van der Waals surface area contributed by atoms with Crippen molar-refractivity contribution in [3.05, 3.63) is 53.4 Å². The molecule has 0 aliphatic heterocycles. The number of aliphatic imine (C=N–C) groups is 1. The van der Waals surface area contributed by atoms with Crippen LogP contribution in [0.15, 0.2) is 35.6 Å². The first-order chi connectivity index (χ1) is 10.6. The first-order valence-corrected chi connectivity index (χ1v) is 6.94. The number of guanidine groups is 1. The number of aryl methyl sites for hydroxylation is 1. The molecule has 1 aromatic heterocycles. The van der Waals surface area contributed by atoms with Crippen LogP contribution >= 0.6 is 0 Å². The molecule has 0 unspecified atom stereocenters. The molecule has 5 nitrogen and oxygen atoms in total. The van der Waals surface area contributed by atoms with Crippen LogP contribution in [0.4, 0.5) is 8.78 Å². The van der Waals surface area contributed by atoms with Crippen LogP contribution in [0.5, 0.6) is 0 Å². The van der Waals surface area contributed by atoms with Crippen LogP contribution in [0.3, 0.4) is 0 Å². The van der Waals surface area contributed by atoms with E-state index >= 15 is 0 Å². The lowest BCUT2D eigenvalue weighted by Gasteiger charge is -2.12. The van der Waals surface area contributed by atoms with E-state index in [1.54, 1.807) is 17.9 Å². The Balaban J connectivity index is 1.81. The molecule has 0 spiro atoms. The van der Waals surface area contributed by atoms with Crippen LogP contribution in [0.2, 0.25) is 0 Å². The van der Waals surface area contributed by atoms with Gasteiger partial charge in [0.25, 0.3) is 0 Å². The van der Waals surface area contributed by atoms with E-state index < -0.39 is 11.6 Å². The van der Waals surface area contributed by atoms with Crippen molar-refractivity contribution in [2.24, 2.45) is 12.0 Å². The Morgan fingerprint density at radius 3 is 2.82 bits per heavy atom. The molecule has 0 fully saturated rings. The van der Waals surface area contributed by atoms with Gasteiger partial charge in [-0.15, -0.1) is 0 Å². The standard InChI is InChI=1S/C15H19F2N5/c1-18-15(19-6-5-11-8-21-22(2)10-11)20-9-12-7-13(16)3-4-14(12)17/h3-4,7-8,10H,5-6,9H2,1-2H3,(H2,18,19,20). The average molecular weight is 307 g/mol. The average Bonchev–Trinajstić information content (AvgIpc) is 2.91. The van der Waals surface area contributed by atoms with Gasteiger partial charge in [-0.25, -0.2) is 8.78 Å². The van der Waals surface area contributed by atoms with E-state index in [1.165, 1.54) is 6.07 Å². The summed E-state index contributed by atoms with van der Waals surface area (Å²) in [5.74, 6) is -0.370. The molecular formula is C15H19F2N5. The Hall–Kier alpha value is -2.44. The van der Waals surface area contributed by atoms with Gasteiger partial charge in [-0.2, -0.15) is 5.10 Å². The Bertz CT molecular complexity index is 651. The van der Waals surface area contributed by atoms with Crippen LogP contribution in [0.1, 0.15) is 11.1 Å². The summed E-state index contributed by atoms with van der Waals surface area (Å²) in [5, 5.41) is 10.2. The van der Waals surface area contributed by atoms with E-state index in [0.717, 1.165) is 24.1 Å². The third-order valence-corrected chi connectivity index (χ3v) is 3.14. The van der Waals surface area contributed by atoms with Gasteiger partial charge in [-0.1, -0.05) is 0 Å². The second kappa shape index (κ2) is 7.53. The topological polar surface area (TPSA) is 54.2 Å². The zero-order valence-electron chi connectivity index (χ0n) is 12.6. The van der Waals surface area contributed by atoms with Crippen molar-refractivity contribution in [2.75, 3.05) is 13.6 Å². The molecule has 1 heterocycles. The molecular weight excluding hydrogens is 288 g/mol. The second-order valence-corrected chi connectivity index (χ2v) is 4.86. The molecule has 7 heteroatoms. The summed E-state index contributed by atoms with van der Waals surface area (Å²) in [4.78, 5) is 4.05. The minimum Gasteiger partial charge on any atom is -0.356 e. The maximum atomic E-state index is 13.5. The first kappa shape index (κ1) is 15.9. The summed E-state index contributed by atoms with van der Waals surface area (Å²) in [6.07, 6.45) is 4.54. The lowest BCUT2D eigenvalue weighted by Crippen LogP contribution is -2.38. The van der Waals surface area contributed by atoms with Gasteiger partial charge >= 0.3 is 0 Å². The van der Waals surface area contributed by atoms with E-state index in [0.29, 0.717) is 12.5 Å². The summed E-state index contributed by atoms with van der Waals surface area (Å²) < 4.78 is 28.4. The van der Waals surface area contributed by atoms with E-state index in [4.69, 9.17) is 0 Å². The molecule has 22 heavy (non-hydrogen) atoms. The van der Waals surface area contributed by atoms with Crippen molar-refractivity contribution in [2.45, 2.75) is 13.0 Å². The predicted molar refractivity (Wildman–Crippen MR) is 81.5 cm³/mol. The van der Waals surface area contributed by atoms with Crippen LogP contribution in [-0.2, 0) is 20.0 Å². The van der Waals surface area contributed by atoms with E-state index in [-0.39, 0.29) is 12.1 Å². The number of halogens is 2. The van der Waals surface area contributed by atoms with Crippen molar-refractivity contribution in [3.63, 3.8) is 0 Å². The highest BCUT2D eigenvalue weighted by Crippen LogP contribution is 2.09. The van der Waals surface area contributed by atoms with Crippen molar-refractivity contribution in [1.82, 2.24) is 20.4 Å². The van der Waals surface area contributed by atoms with Gasteiger partial charge in [0.15, 0.2) is 5.96 Å². The van der Waals surface area contributed by atoms with Gasteiger partial charge < -0.3 is 10.6 Å². The number of hydrogen-bond acceptors (Lipinski definition) is 2. The number of aromatic nitrogens is 2. The highest BCUT2D eigenvalue weighted by atomic mass is 19.1. The normalized spacial score (nSPS) is 11.5. The van der Waals surface area contributed by atoms with E-state index in [2.05, 4.69) is 20.7 Å². The smallest absolute Gasteiger partial charge is 0.191 e. The van der Waals surface area contributed by atoms with Gasteiger partial charge in [0.2, 0.25) is 0 Å². The third kappa shape index (κ3) is 4.54. The lowest BCUT2D eigenvalue weighted by molar-refractivity contribution is 0.581. The summed E-state index contributed by atoms with van der Waals surface area (Å²) in [6, 6.07) is 3.38. The Kier molecular flexibility index (Phi) is 5.46. The SMILES string of the molecule is CN=C(NCCc1cnn(C)c1)NCc1cc(F)ccc1F. The summed E-state index contributed by atoms with van der Waals surface area (Å²) in [6.45, 7) is 0.827. The Morgan fingerprint density at radius 2 is 2.14 bits per heavy atom. The van der Waals surface area contributed by atoms with Gasteiger partial charge in [0, 0.05) is 38.9 Å². The molecule has 2 rings (SSSR count). The quantitative estimate of drug-likeness (QED) is 0.652. The molecule has 118 valence electrons. The molecule has 0 saturated heterocycles. The van der Waals surface area contributed by atoms with Gasteiger partial charge in [0.05, 0.1) is 6.20 Å². The fourth-order valence-corrected chi connectivity index (χ4v) is 2.00. The molecule has 0 aliphatic rings. The summed E-state index contributed by atoms with van der Waals surface area (Å²) in [7, 11) is 3.49. The monoisotopic (exact) mass is 307 g/mol. The third-order valence-electron chi connectivity index (χ3n) is 3.14. The molecule has 0 amide bonds. The molecule has 0 saturated carbocycles. The number of nitrogens with zero attached hydrogens (tertiary/aromatic N) is 3. The van der Waals surface area contributed by atoms with Crippen LogP contribution in [-0.4, -0.2) is 29.3 Å². The van der Waals surface area contributed by atoms with Crippen LogP contribution < -0.4 is 10.6 Å². The fourth-order valence-electron chi connectivity index (χ4n) is 2.00. The number of rotatable bonds is 5. The largest absolute Gasteiger partial charge is 0.356 e. The van der Waals surface area contributed by atoms with Crippen LogP contribution in [0, 0.1) is 11.6 Å². The molecule has 0 aliphatic carbocycles. The lowest BCUT2D eigenvalue weighted by atomic mass is 10.2. The molecule has 1 aromatic carbocycles. The zero-order valence-corrected chi connectivity index (χ0v) is 12.6. The van der Waals surface area contributed by atoms with Crippen LogP contribution in [0.25, 0.3) is 0 Å². The molecule has 0 atom stereocenters. The molecule has 0 bridgehead atoms. The second-order valence-electron chi connectivity index (χ2n) is 4.86. The number of nitrogens with one attached hydrogen (secondary N) is 2. The van der Waals surface area contributed by atoms with Gasteiger partial charge in [-0.3, -0.25) is 9.67 Å². The maximum absolute atomic E-state index is 13.5. The molecule has 2 aromatic rings. The Morgan fingerprint density at radius 1 is 1.32 bits per heavy atom. The van der Waals surface area contributed by atoms with Crippen molar-refractivity contribution < 1.29 is 8.78 Å². The minimum atomic E-state index is -0.460. The maximum Gasteiger partial charge on any atom is 0.191 e. The van der Waals surface area contributed by atoms with Gasteiger partial charge in [-0.05, 0) is 30.2 Å². The van der Waals surface area contributed by atoms with Crippen molar-refractivity contribution in [1.29, 1.82) is 0 Å². The zero-order chi connectivity index (χ0) is 15.9. The highest BCUT2D eigenvalue weighted by Gasteiger charge is 2.05. The molecule has 2 N–H and O–H groups in total.